The molecular formula is C23H27N5O2S. The van der Waals surface area contributed by atoms with Crippen LogP contribution in [-0.2, 0) is 23.1 Å². The van der Waals surface area contributed by atoms with Gasteiger partial charge in [0.25, 0.3) is 0 Å². The van der Waals surface area contributed by atoms with Crippen molar-refractivity contribution in [3.63, 3.8) is 0 Å². The van der Waals surface area contributed by atoms with Crippen LogP contribution < -0.4 is 10.6 Å². The predicted molar refractivity (Wildman–Crippen MR) is 125 cm³/mol. The predicted octanol–water partition coefficient (Wildman–Crippen LogP) is 3.96. The molecule has 31 heavy (non-hydrogen) atoms. The number of hydrogen-bond donors (Lipinski definition) is 2. The normalized spacial score (nSPS) is 10.7. The number of carbonyl (C=O) groups is 2. The summed E-state index contributed by atoms with van der Waals surface area (Å²) in [4.78, 5) is 24.8. The Morgan fingerprint density at radius 1 is 0.903 bits per heavy atom. The van der Waals surface area contributed by atoms with E-state index in [0.717, 1.165) is 33.6 Å². The highest BCUT2D eigenvalue weighted by Gasteiger charge is 2.15. The fourth-order valence-corrected chi connectivity index (χ4v) is 4.02. The first kappa shape index (κ1) is 22.6. The molecule has 0 saturated heterocycles. The highest BCUT2D eigenvalue weighted by Crippen LogP contribution is 2.19. The van der Waals surface area contributed by atoms with Crippen LogP contribution in [0.3, 0.4) is 0 Å². The second kappa shape index (κ2) is 9.78. The highest BCUT2D eigenvalue weighted by atomic mass is 32.2. The molecule has 0 unspecified atom stereocenters. The standard InChI is InChI=1S/C23H27N5O2S/c1-14-6-7-19(17(4)9-14)25-21(29)12-20-26-27-23(28(20)5)31-13-22(30)24-18-10-15(2)8-16(3)11-18/h6-11H,12-13H2,1-5H3,(H,24,30)(H,25,29). The minimum atomic E-state index is -0.161. The number of rotatable bonds is 7. The Morgan fingerprint density at radius 3 is 2.29 bits per heavy atom. The highest BCUT2D eigenvalue weighted by molar-refractivity contribution is 7.99. The Balaban J connectivity index is 1.55. The molecule has 3 aromatic rings. The van der Waals surface area contributed by atoms with E-state index in [1.807, 2.05) is 58.0 Å². The number of nitrogens with one attached hydrogen (secondary N) is 2. The van der Waals surface area contributed by atoms with E-state index in [2.05, 4.69) is 26.9 Å². The summed E-state index contributed by atoms with van der Waals surface area (Å²) < 4.78 is 1.75. The number of hydrogen-bond acceptors (Lipinski definition) is 5. The summed E-state index contributed by atoms with van der Waals surface area (Å²) in [5, 5.41) is 14.7. The second-order valence-electron chi connectivity index (χ2n) is 7.71. The third-order valence-corrected chi connectivity index (χ3v) is 5.76. The lowest BCUT2D eigenvalue weighted by Gasteiger charge is -2.09. The summed E-state index contributed by atoms with van der Waals surface area (Å²) in [5.74, 6) is 0.464. The molecule has 162 valence electrons. The zero-order valence-corrected chi connectivity index (χ0v) is 19.3. The number of aromatic nitrogens is 3. The molecule has 1 heterocycles. The van der Waals surface area contributed by atoms with E-state index < -0.39 is 0 Å². The van der Waals surface area contributed by atoms with E-state index in [-0.39, 0.29) is 24.0 Å². The number of thioether (sulfide) groups is 1. The van der Waals surface area contributed by atoms with Crippen LogP contribution in [0.25, 0.3) is 0 Å². The first-order valence-electron chi connectivity index (χ1n) is 9.97. The Kier molecular flexibility index (Phi) is 7.12. The molecule has 8 heteroatoms. The van der Waals surface area contributed by atoms with E-state index in [1.54, 1.807) is 11.6 Å². The maximum absolute atomic E-state index is 12.4. The van der Waals surface area contributed by atoms with Crippen molar-refractivity contribution in [1.82, 2.24) is 14.8 Å². The monoisotopic (exact) mass is 437 g/mol. The van der Waals surface area contributed by atoms with Crippen molar-refractivity contribution in [2.45, 2.75) is 39.3 Å². The van der Waals surface area contributed by atoms with E-state index in [1.165, 1.54) is 11.8 Å². The molecule has 0 aliphatic carbocycles. The smallest absolute Gasteiger partial charge is 0.234 e. The van der Waals surface area contributed by atoms with Gasteiger partial charge in [-0.3, -0.25) is 9.59 Å². The number of benzene rings is 2. The van der Waals surface area contributed by atoms with Gasteiger partial charge in [-0.1, -0.05) is 35.5 Å². The lowest BCUT2D eigenvalue weighted by atomic mass is 10.1. The molecule has 0 aliphatic heterocycles. The lowest BCUT2D eigenvalue weighted by molar-refractivity contribution is -0.116. The zero-order valence-electron chi connectivity index (χ0n) is 18.4. The molecule has 7 nitrogen and oxygen atoms in total. The minimum Gasteiger partial charge on any atom is -0.325 e. The quantitative estimate of drug-likeness (QED) is 0.546. The summed E-state index contributed by atoms with van der Waals surface area (Å²) in [7, 11) is 1.80. The molecule has 2 N–H and O–H groups in total. The molecule has 0 atom stereocenters. The fourth-order valence-electron chi connectivity index (χ4n) is 3.29. The minimum absolute atomic E-state index is 0.103. The van der Waals surface area contributed by atoms with Gasteiger partial charge in [0.2, 0.25) is 11.8 Å². The Labute approximate surface area is 186 Å². The lowest BCUT2D eigenvalue weighted by Crippen LogP contribution is -2.18. The summed E-state index contributed by atoms with van der Waals surface area (Å²) in [6.07, 6.45) is 0.103. The number of anilines is 2. The van der Waals surface area contributed by atoms with Crippen LogP contribution >= 0.6 is 11.8 Å². The Hall–Kier alpha value is -3.13. The molecule has 2 amide bonds. The average molecular weight is 438 g/mol. The fraction of sp³-hybridized carbons (Fsp3) is 0.304. The van der Waals surface area contributed by atoms with Gasteiger partial charge < -0.3 is 15.2 Å². The number of nitrogens with zero attached hydrogens (tertiary/aromatic N) is 3. The molecule has 0 aliphatic rings. The number of carbonyl (C=O) groups excluding carboxylic acids is 2. The van der Waals surface area contributed by atoms with Gasteiger partial charge in [-0.15, -0.1) is 10.2 Å². The largest absolute Gasteiger partial charge is 0.325 e. The summed E-state index contributed by atoms with van der Waals surface area (Å²) >= 11 is 1.28. The van der Waals surface area contributed by atoms with E-state index in [9.17, 15) is 9.59 Å². The summed E-state index contributed by atoms with van der Waals surface area (Å²) in [5.41, 5.74) is 5.92. The zero-order chi connectivity index (χ0) is 22.5. The molecular weight excluding hydrogens is 410 g/mol. The van der Waals surface area contributed by atoms with Crippen molar-refractivity contribution in [2.24, 2.45) is 7.05 Å². The first-order valence-corrected chi connectivity index (χ1v) is 11.0. The topological polar surface area (TPSA) is 88.9 Å². The molecule has 0 spiro atoms. The van der Waals surface area contributed by atoms with Crippen LogP contribution in [0.15, 0.2) is 41.6 Å². The average Bonchev–Trinajstić information content (AvgIpc) is 3.01. The van der Waals surface area contributed by atoms with Crippen LogP contribution in [0.5, 0.6) is 0 Å². The van der Waals surface area contributed by atoms with Crippen molar-refractivity contribution in [3.05, 3.63) is 64.5 Å². The van der Waals surface area contributed by atoms with Crippen molar-refractivity contribution < 1.29 is 9.59 Å². The van der Waals surface area contributed by atoms with Crippen LogP contribution in [0.4, 0.5) is 11.4 Å². The van der Waals surface area contributed by atoms with Crippen molar-refractivity contribution in [2.75, 3.05) is 16.4 Å². The van der Waals surface area contributed by atoms with Crippen LogP contribution in [-0.4, -0.2) is 32.3 Å². The third-order valence-electron chi connectivity index (χ3n) is 4.74. The van der Waals surface area contributed by atoms with Crippen LogP contribution in [0.2, 0.25) is 0 Å². The number of amides is 2. The van der Waals surface area contributed by atoms with Gasteiger partial charge in [0.05, 0.1) is 12.2 Å². The van der Waals surface area contributed by atoms with E-state index in [4.69, 9.17) is 0 Å². The molecule has 0 fully saturated rings. The molecule has 0 radical (unpaired) electrons. The van der Waals surface area contributed by atoms with Crippen molar-refractivity contribution in [3.8, 4) is 0 Å². The van der Waals surface area contributed by atoms with Gasteiger partial charge in [0, 0.05) is 18.4 Å². The molecule has 2 aromatic carbocycles. The molecule has 3 rings (SSSR count). The van der Waals surface area contributed by atoms with Gasteiger partial charge >= 0.3 is 0 Å². The maximum atomic E-state index is 12.4. The van der Waals surface area contributed by atoms with Gasteiger partial charge in [-0.05, 0) is 62.6 Å². The Morgan fingerprint density at radius 2 is 1.61 bits per heavy atom. The van der Waals surface area contributed by atoms with E-state index in [0.29, 0.717) is 11.0 Å². The second-order valence-corrected chi connectivity index (χ2v) is 8.66. The van der Waals surface area contributed by atoms with Gasteiger partial charge in [-0.2, -0.15) is 0 Å². The maximum Gasteiger partial charge on any atom is 0.234 e. The molecule has 0 bridgehead atoms. The molecule has 0 saturated carbocycles. The van der Waals surface area contributed by atoms with Crippen molar-refractivity contribution >= 4 is 35.0 Å². The number of aryl methyl sites for hydroxylation is 4. The van der Waals surface area contributed by atoms with Crippen molar-refractivity contribution in [1.29, 1.82) is 0 Å². The van der Waals surface area contributed by atoms with Gasteiger partial charge in [-0.25, -0.2) is 0 Å². The first-order chi connectivity index (χ1) is 14.7. The van der Waals surface area contributed by atoms with Gasteiger partial charge in [0.15, 0.2) is 5.16 Å². The summed E-state index contributed by atoms with van der Waals surface area (Å²) in [6, 6.07) is 11.8. The van der Waals surface area contributed by atoms with Crippen LogP contribution in [0.1, 0.15) is 28.1 Å². The Bertz CT molecular complexity index is 1100. The van der Waals surface area contributed by atoms with E-state index >= 15 is 0 Å². The third kappa shape index (κ3) is 6.18. The van der Waals surface area contributed by atoms with Crippen LogP contribution in [0, 0.1) is 27.7 Å². The summed E-state index contributed by atoms with van der Waals surface area (Å²) in [6.45, 7) is 7.96. The molecule has 1 aromatic heterocycles. The van der Waals surface area contributed by atoms with Gasteiger partial charge in [0.1, 0.15) is 5.82 Å². The SMILES string of the molecule is Cc1cc(C)cc(NC(=O)CSc2nnc(CC(=O)Nc3ccc(C)cc3C)n2C)c1.